The number of carbonyl (C=O) groups is 1. The Bertz CT molecular complexity index is 587. The van der Waals surface area contributed by atoms with Crippen LogP contribution in [0.15, 0.2) is 62.8 Å². The van der Waals surface area contributed by atoms with Crippen LogP contribution in [0.1, 0.15) is 0 Å². The summed E-state index contributed by atoms with van der Waals surface area (Å²) >= 11 is 6.55. The van der Waals surface area contributed by atoms with E-state index in [0.717, 1.165) is 20.0 Å². The highest BCUT2D eigenvalue weighted by molar-refractivity contribution is 9.10. The van der Waals surface area contributed by atoms with Gasteiger partial charge in [0.2, 0.25) is 5.91 Å². The van der Waals surface area contributed by atoms with Gasteiger partial charge in [0.05, 0.1) is 11.4 Å². The van der Waals surface area contributed by atoms with E-state index < -0.39 is 0 Å². The molecular formula is C15H14BrNOS2. The van der Waals surface area contributed by atoms with Crippen molar-refractivity contribution in [3.05, 3.63) is 53.0 Å². The van der Waals surface area contributed by atoms with Gasteiger partial charge in [-0.05, 0) is 42.7 Å². The number of nitrogens with one attached hydrogen (secondary N) is 1. The van der Waals surface area contributed by atoms with Gasteiger partial charge in [-0.1, -0.05) is 28.1 Å². The molecule has 1 N–H and O–H groups in total. The minimum absolute atomic E-state index is 0.0134. The second kappa shape index (κ2) is 7.76. The number of hydrogen-bond donors (Lipinski definition) is 1. The van der Waals surface area contributed by atoms with Gasteiger partial charge in [-0.15, -0.1) is 23.5 Å². The lowest BCUT2D eigenvalue weighted by molar-refractivity contribution is -0.113. The van der Waals surface area contributed by atoms with Crippen LogP contribution >= 0.6 is 39.5 Å². The molecule has 0 bridgehead atoms. The summed E-state index contributed by atoms with van der Waals surface area (Å²) in [6, 6.07) is 15.8. The average molecular weight is 368 g/mol. The molecule has 0 heterocycles. The Hall–Kier alpha value is -0.910. The first-order valence-corrected chi connectivity index (χ1v) is 9.00. The molecule has 20 heavy (non-hydrogen) atoms. The number of halogens is 1. The largest absolute Gasteiger partial charge is 0.324 e. The number of rotatable bonds is 5. The third-order valence-electron chi connectivity index (χ3n) is 2.56. The maximum absolute atomic E-state index is 12.0. The zero-order valence-corrected chi connectivity index (χ0v) is 14.1. The highest BCUT2D eigenvalue weighted by Gasteiger charge is 2.06. The zero-order chi connectivity index (χ0) is 14.4. The van der Waals surface area contributed by atoms with E-state index in [1.165, 1.54) is 11.8 Å². The molecule has 0 fully saturated rings. The number of amides is 1. The van der Waals surface area contributed by atoms with Gasteiger partial charge in [-0.2, -0.15) is 0 Å². The van der Waals surface area contributed by atoms with Crippen molar-refractivity contribution >= 4 is 51.0 Å². The average Bonchev–Trinajstić information content (AvgIpc) is 2.47. The van der Waals surface area contributed by atoms with E-state index in [1.54, 1.807) is 11.8 Å². The molecule has 1 amide bonds. The normalized spacial score (nSPS) is 10.3. The van der Waals surface area contributed by atoms with Gasteiger partial charge >= 0.3 is 0 Å². The minimum Gasteiger partial charge on any atom is -0.324 e. The van der Waals surface area contributed by atoms with E-state index in [2.05, 4.69) is 21.2 Å². The van der Waals surface area contributed by atoms with Crippen LogP contribution in [0.2, 0.25) is 0 Å². The van der Waals surface area contributed by atoms with E-state index in [1.807, 2.05) is 54.8 Å². The van der Waals surface area contributed by atoms with E-state index >= 15 is 0 Å². The van der Waals surface area contributed by atoms with Gasteiger partial charge in [-0.25, -0.2) is 0 Å². The first kappa shape index (κ1) is 15.5. The first-order valence-electron chi connectivity index (χ1n) is 6.00. The van der Waals surface area contributed by atoms with Crippen LogP contribution in [0.4, 0.5) is 5.69 Å². The summed E-state index contributed by atoms with van der Waals surface area (Å²) in [4.78, 5) is 14.1. The highest BCUT2D eigenvalue weighted by Crippen LogP contribution is 2.25. The van der Waals surface area contributed by atoms with Crippen molar-refractivity contribution in [2.45, 2.75) is 9.79 Å². The number of hydrogen-bond acceptors (Lipinski definition) is 3. The van der Waals surface area contributed by atoms with Gasteiger partial charge in [0.25, 0.3) is 0 Å². The SMILES string of the molecule is CSc1ccccc1NC(=O)CSc1ccc(Br)cc1. The fourth-order valence-corrected chi connectivity index (χ4v) is 3.13. The molecule has 0 saturated heterocycles. The summed E-state index contributed by atoms with van der Waals surface area (Å²) in [5.74, 6) is 0.420. The Morgan fingerprint density at radius 2 is 1.85 bits per heavy atom. The molecule has 0 aliphatic heterocycles. The van der Waals surface area contributed by atoms with Crippen molar-refractivity contribution in [3.63, 3.8) is 0 Å². The van der Waals surface area contributed by atoms with E-state index in [0.29, 0.717) is 5.75 Å². The summed E-state index contributed by atoms with van der Waals surface area (Å²) in [5, 5.41) is 2.95. The number of anilines is 1. The van der Waals surface area contributed by atoms with E-state index in [9.17, 15) is 4.79 Å². The van der Waals surface area contributed by atoms with Crippen LogP contribution in [-0.2, 0) is 4.79 Å². The predicted octanol–water partition coefficient (Wildman–Crippen LogP) is 4.90. The number of benzene rings is 2. The quantitative estimate of drug-likeness (QED) is 0.761. The maximum atomic E-state index is 12.0. The molecule has 0 aromatic heterocycles. The number of thioether (sulfide) groups is 2. The first-order chi connectivity index (χ1) is 9.69. The number of carbonyl (C=O) groups excluding carboxylic acids is 1. The molecular weight excluding hydrogens is 354 g/mol. The molecule has 0 spiro atoms. The fourth-order valence-electron chi connectivity index (χ4n) is 1.61. The van der Waals surface area contributed by atoms with Crippen molar-refractivity contribution in [2.24, 2.45) is 0 Å². The molecule has 2 rings (SSSR count). The molecule has 0 aliphatic rings. The van der Waals surface area contributed by atoms with Crippen LogP contribution in [-0.4, -0.2) is 17.9 Å². The summed E-state index contributed by atoms with van der Waals surface area (Å²) in [5.41, 5.74) is 0.876. The van der Waals surface area contributed by atoms with Crippen LogP contribution in [0.5, 0.6) is 0 Å². The standard InChI is InChI=1S/C15H14BrNOS2/c1-19-14-5-3-2-4-13(14)17-15(18)10-20-12-8-6-11(16)7-9-12/h2-9H,10H2,1H3,(H,17,18). The smallest absolute Gasteiger partial charge is 0.234 e. The molecule has 104 valence electrons. The van der Waals surface area contributed by atoms with E-state index in [4.69, 9.17) is 0 Å². The van der Waals surface area contributed by atoms with Crippen molar-refractivity contribution in [3.8, 4) is 0 Å². The zero-order valence-electron chi connectivity index (χ0n) is 10.9. The third kappa shape index (κ3) is 4.58. The molecule has 0 atom stereocenters. The number of para-hydroxylation sites is 1. The molecule has 0 saturated carbocycles. The second-order valence-electron chi connectivity index (χ2n) is 3.99. The van der Waals surface area contributed by atoms with Crippen LogP contribution in [0.3, 0.4) is 0 Å². The molecule has 5 heteroatoms. The van der Waals surface area contributed by atoms with E-state index in [-0.39, 0.29) is 5.91 Å². The van der Waals surface area contributed by atoms with Crippen molar-refractivity contribution < 1.29 is 4.79 Å². The minimum atomic E-state index is 0.0134. The molecule has 0 aliphatic carbocycles. The fraction of sp³-hybridized carbons (Fsp3) is 0.133. The Labute approximate surface area is 135 Å². The van der Waals surface area contributed by atoms with Crippen LogP contribution in [0.25, 0.3) is 0 Å². The van der Waals surface area contributed by atoms with Gasteiger partial charge in [-0.3, -0.25) is 4.79 Å². The Kier molecular flexibility index (Phi) is 6.01. The topological polar surface area (TPSA) is 29.1 Å². The highest BCUT2D eigenvalue weighted by atomic mass is 79.9. The summed E-state index contributed by atoms with van der Waals surface area (Å²) < 4.78 is 1.04. The monoisotopic (exact) mass is 367 g/mol. The maximum Gasteiger partial charge on any atom is 0.234 e. The lowest BCUT2D eigenvalue weighted by Crippen LogP contribution is -2.14. The Morgan fingerprint density at radius 1 is 1.15 bits per heavy atom. The van der Waals surface area contributed by atoms with Crippen molar-refractivity contribution in [1.82, 2.24) is 0 Å². The van der Waals surface area contributed by atoms with Crippen LogP contribution < -0.4 is 5.32 Å². The summed E-state index contributed by atoms with van der Waals surface area (Å²) in [6.45, 7) is 0. The summed E-state index contributed by atoms with van der Waals surface area (Å²) in [7, 11) is 0. The summed E-state index contributed by atoms with van der Waals surface area (Å²) in [6.07, 6.45) is 2.00. The van der Waals surface area contributed by atoms with Crippen molar-refractivity contribution in [2.75, 3.05) is 17.3 Å². The molecule has 0 unspecified atom stereocenters. The molecule has 2 aromatic rings. The molecule has 2 nitrogen and oxygen atoms in total. The van der Waals surface area contributed by atoms with Crippen molar-refractivity contribution in [1.29, 1.82) is 0 Å². The van der Waals surface area contributed by atoms with Gasteiger partial charge in [0, 0.05) is 14.3 Å². The molecule has 0 radical (unpaired) electrons. The Balaban J connectivity index is 1.91. The third-order valence-corrected chi connectivity index (χ3v) is 4.90. The predicted molar refractivity (Wildman–Crippen MR) is 91.7 cm³/mol. The molecule has 2 aromatic carbocycles. The Morgan fingerprint density at radius 3 is 2.55 bits per heavy atom. The lowest BCUT2D eigenvalue weighted by atomic mass is 10.3. The van der Waals surface area contributed by atoms with Crippen LogP contribution in [0, 0.1) is 0 Å². The lowest BCUT2D eigenvalue weighted by Gasteiger charge is -2.09. The second-order valence-corrected chi connectivity index (χ2v) is 6.80. The van der Waals surface area contributed by atoms with Gasteiger partial charge < -0.3 is 5.32 Å². The van der Waals surface area contributed by atoms with Gasteiger partial charge in [0.1, 0.15) is 0 Å². The van der Waals surface area contributed by atoms with Gasteiger partial charge in [0.15, 0.2) is 0 Å².